The Morgan fingerprint density at radius 1 is 1.22 bits per heavy atom. The molecule has 0 aliphatic heterocycles. The van der Waals surface area contributed by atoms with Crippen LogP contribution in [0, 0.1) is 5.82 Å². The van der Waals surface area contributed by atoms with E-state index in [0.717, 1.165) is 4.47 Å². The Kier molecular flexibility index (Phi) is 3.99. The van der Waals surface area contributed by atoms with Crippen LogP contribution in [0.15, 0.2) is 46.9 Å². The van der Waals surface area contributed by atoms with Crippen molar-refractivity contribution in [3.63, 3.8) is 0 Å². The average molecular weight is 310 g/mol. The number of rotatable bonds is 3. The first-order chi connectivity index (χ1) is 8.58. The molecule has 0 spiro atoms. The summed E-state index contributed by atoms with van der Waals surface area (Å²) in [6.07, 6.45) is -0.434. The van der Waals surface area contributed by atoms with Gasteiger partial charge in [0.05, 0.1) is 6.10 Å². The Hall–Kier alpha value is -1.39. The second-order valence-corrected chi connectivity index (χ2v) is 4.94. The van der Waals surface area contributed by atoms with Crippen LogP contribution in [0.1, 0.15) is 17.2 Å². The third-order valence-electron chi connectivity index (χ3n) is 2.78. The number of aliphatic hydroxyl groups excluding tert-OH is 1. The summed E-state index contributed by atoms with van der Waals surface area (Å²) in [7, 11) is 0. The summed E-state index contributed by atoms with van der Waals surface area (Å²) >= 11 is 3.34. The van der Waals surface area contributed by atoms with Gasteiger partial charge in [-0.25, -0.2) is 4.39 Å². The van der Waals surface area contributed by atoms with Gasteiger partial charge in [0.2, 0.25) is 0 Å². The number of hydrogen-bond donors (Lipinski definition) is 2. The molecule has 0 aliphatic rings. The maximum atomic E-state index is 13.2. The maximum Gasteiger partial charge on any atom is 0.123 e. The minimum Gasteiger partial charge on any atom is -0.398 e. The Labute approximate surface area is 113 Å². The lowest BCUT2D eigenvalue weighted by molar-refractivity contribution is 0.179. The molecule has 4 heteroatoms. The Morgan fingerprint density at radius 2 is 1.94 bits per heavy atom. The summed E-state index contributed by atoms with van der Waals surface area (Å²) in [5, 5.41) is 10.1. The van der Waals surface area contributed by atoms with Crippen LogP contribution in [0.25, 0.3) is 0 Å². The average Bonchev–Trinajstić information content (AvgIpc) is 2.34. The summed E-state index contributed by atoms with van der Waals surface area (Å²) in [5.74, 6) is -0.318. The van der Waals surface area contributed by atoms with E-state index < -0.39 is 6.10 Å². The fourth-order valence-electron chi connectivity index (χ4n) is 1.83. The first-order valence-electron chi connectivity index (χ1n) is 5.54. The van der Waals surface area contributed by atoms with Crippen molar-refractivity contribution in [2.45, 2.75) is 12.5 Å². The highest BCUT2D eigenvalue weighted by atomic mass is 79.9. The zero-order chi connectivity index (χ0) is 13.1. The van der Waals surface area contributed by atoms with Gasteiger partial charge in [0.15, 0.2) is 0 Å². The van der Waals surface area contributed by atoms with Crippen LogP contribution in [-0.4, -0.2) is 5.11 Å². The lowest BCUT2D eigenvalue weighted by Gasteiger charge is -2.14. The molecule has 1 atom stereocenters. The molecule has 18 heavy (non-hydrogen) atoms. The Balaban J connectivity index is 2.24. The Bertz CT molecular complexity index is 559. The van der Waals surface area contributed by atoms with Gasteiger partial charge in [-0.15, -0.1) is 0 Å². The van der Waals surface area contributed by atoms with E-state index >= 15 is 0 Å². The SMILES string of the molecule is Nc1ccccc1C(O)Cc1cc(F)ccc1Br. The Morgan fingerprint density at radius 3 is 2.67 bits per heavy atom. The van der Waals surface area contributed by atoms with Crippen LogP contribution in [-0.2, 0) is 6.42 Å². The number of nitrogen functional groups attached to an aromatic ring is 1. The number of halogens is 2. The highest BCUT2D eigenvalue weighted by Gasteiger charge is 2.13. The molecule has 2 nitrogen and oxygen atoms in total. The van der Waals surface area contributed by atoms with E-state index in [1.165, 1.54) is 12.1 Å². The van der Waals surface area contributed by atoms with E-state index in [-0.39, 0.29) is 5.82 Å². The molecule has 0 bridgehead atoms. The lowest BCUT2D eigenvalue weighted by Crippen LogP contribution is -2.05. The first kappa shape index (κ1) is 13.1. The van der Waals surface area contributed by atoms with E-state index in [1.54, 1.807) is 18.2 Å². The second-order valence-electron chi connectivity index (χ2n) is 4.08. The topological polar surface area (TPSA) is 46.2 Å². The smallest absolute Gasteiger partial charge is 0.123 e. The second kappa shape index (κ2) is 5.50. The molecular weight excluding hydrogens is 297 g/mol. The van der Waals surface area contributed by atoms with E-state index in [9.17, 15) is 9.50 Å². The normalized spacial score (nSPS) is 12.4. The summed E-state index contributed by atoms with van der Waals surface area (Å²) in [6, 6.07) is 11.5. The molecule has 0 amide bonds. The molecule has 0 aromatic heterocycles. The molecule has 0 saturated carbocycles. The number of aliphatic hydroxyl groups is 1. The molecule has 2 aromatic carbocycles. The standard InChI is InChI=1S/C14H13BrFNO/c15-12-6-5-10(16)7-9(12)8-14(18)11-3-1-2-4-13(11)17/h1-7,14,18H,8,17H2. The molecule has 0 saturated heterocycles. The van der Waals surface area contributed by atoms with Gasteiger partial charge in [-0.1, -0.05) is 34.1 Å². The van der Waals surface area contributed by atoms with E-state index in [2.05, 4.69) is 15.9 Å². The molecule has 2 rings (SSSR count). The predicted molar refractivity (Wildman–Crippen MR) is 73.6 cm³/mol. The number of nitrogens with two attached hydrogens (primary N) is 1. The van der Waals surface area contributed by atoms with Crippen molar-refractivity contribution < 1.29 is 9.50 Å². The lowest BCUT2D eigenvalue weighted by atomic mass is 10.00. The fraction of sp³-hybridized carbons (Fsp3) is 0.143. The van der Waals surface area contributed by atoms with Gasteiger partial charge in [-0.05, 0) is 29.8 Å². The number of benzene rings is 2. The van der Waals surface area contributed by atoms with E-state index in [0.29, 0.717) is 23.2 Å². The highest BCUT2D eigenvalue weighted by molar-refractivity contribution is 9.10. The fourth-order valence-corrected chi connectivity index (χ4v) is 2.24. The molecule has 0 radical (unpaired) electrons. The molecule has 3 N–H and O–H groups in total. The van der Waals surface area contributed by atoms with E-state index in [4.69, 9.17) is 5.73 Å². The molecule has 0 aliphatic carbocycles. The summed E-state index contributed by atoms with van der Waals surface area (Å²) < 4.78 is 13.9. The van der Waals surface area contributed by atoms with Gasteiger partial charge in [0.25, 0.3) is 0 Å². The van der Waals surface area contributed by atoms with Crippen LogP contribution >= 0.6 is 15.9 Å². The minimum atomic E-state index is -0.746. The third-order valence-corrected chi connectivity index (χ3v) is 3.55. The predicted octanol–water partition coefficient (Wildman–Crippen LogP) is 3.45. The van der Waals surface area contributed by atoms with Gasteiger partial charge < -0.3 is 10.8 Å². The van der Waals surface area contributed by atoms with Crippen LogP contribution in [0.2, 0.25) is 0 Å². The van der Waals surface area contributed by atoms with Gasteiger partial charge >= 0.3 is 0 Å². The van der Waals surface area contributed by atoms with Gasteiger partial charge in [-0.3, -0.25) is 0 Å². The summed E-state index contributed by atoms with van der Waals surface area (Å²) in [5.41, 5.74) is 7.71. The highest BCUT2D eigenvalue weighted by Crippen LogP contribution is 2.27. The van der Waals surface area contributed by atoms with Crippen LogP contribution in [0.5, 0.6) is 0 Å². The van der Waals surface area contributed by atoms with Crippen molar-refractivity contribution >= 4 is 21.6 Å². The zero-order valence-corrected chi connectivity index (χ0v) is 11.2. The molecule has 0 heterocycles. The van der Waals surface area contributed by atoms with Crippen molar-refractivity contribution in [2.24, 2.45) is 0 Å². The quantitative estimate of drug-likeness (QED) is 0.853. The van der Waals surface area contributed by atoms with Crippen LogP contribution in [0.3, 0.4) is 0 Å². The molecular formula is C14H13BrFNO. The number of anilines is 1. The molecule has 0 fully saturated rings. The van der Waals surface area contributed by atoms with Crippen LogP contribution in [0.4, 0.5) is 10.1 Å². The van der Waals surface area contributed by atoms with Crippen molar-refractivity contribution in [1.82, 2.24) is 0 Å². The maximum absolute atomic E-state index is 13.2. The van der Waals surface area contributed by atoms with Crippen molar-refractivity contribution in [1.29, 1.82) is 0 Å². The van der Waals surface area contributed by atoms with Gasteiger partial charge in [-0.2, -0.15) is 0 Å². The zero-order valence-electron chi connectivity index (χ0n) is 9.61. The monoisotopic (exact) mass is 309 g/mol. The minimum absolute atomic E-state index is 0.312. The van der Waals surface area contributed by atoms with Gasteiger partial charge in [0.1, 0.15) is 5.82 Å². The number of hydrogen-bond acceptors (Lipinski definition) is 2. The summed E-state index contributed by atoms with van der Waals surface area (Å²) in [4.78, 5) is 0. The molecule has 2 aromatic rings. The van der Waals surface area contributed by atoms with Crippen LogP contribution < -0.4 is 5.73 Å². The largest absolute Gasteiger partial charge is 0.398 e. The number of para-hydroxylation sites is 1. The molecule has 1 unspecified atom stereocenters. The van der Waals surface area contributed by atoms with Gasteiger partial charge in [0, 0.05) is 22.1 Å². The van der Waals surface area contributed by atoms with Crippen molar-refractivity contribution in [3.8, 4) is 0 Å². The van der Waals surface area contributed by atoms with Crippen molar-refractivity contribution in [2.75, 3.05) is 5.73 Å². The van der Waals surface area contributed by atoms with E-state index in [1.807, 2.05) is 12.1 Å². The summed E-state index contributed by atoms with van der Waals surface area (Å²) in [6.45, 7) is 0. The first-order valence-corrected chi connectivity index (χ1v) is 6.33. The van der Waals surface area contributed by atoms with Crippen molar-refractivity contribution in [3.05, 3.63) is 63.9 Å². The molecule has 94 valence electrons. The third kappa shape index (κ3) is 2.89.